The zero-order chi connectivity index (χ0) is 15.9. The Bertz CT molecular complexity index is 871. The van der Waals surface area contributed by atoms with E-state index in [0.29, 0.717) is 15.3 Å². The van der Waals surface area contributed by atoms with Crippen LogP contribution in [0.15, 0.2) is 9.59 Å². The summed E-state index contributed by atoms with van der Waals surface area (Å²) in [6.45, 7) is 2.74. The number of methoxy groups -OCH3 is 1. The highest BCUT2D eigenvalue weighted by atomic mass is 32.1. The van der Waals surface area contributed by atoms with E-state index in [2.05, 4.69) is 4.74 Å². The van der Waals surface area contributed by atoms with Gasteiger partial charge in [0.2, 0.25) is 0 Å². The van der Waals surface area contributed by atoms with Gasteiger partial charge in [-0.3, -0.25) is 23.5 Å². The molecule has 0 aliphatic carbocycles. The molecule has 0 fully saturated rings. The molecule has 2 heterocycles. The van der Waals surface area contributed by atoms with Gasteiger partial charge < -0.3 is 4.74 Å². The van der Waals surface area contributed by atoms with Crippen LogP contribution in [0.3, 0.4) is 0 Å². The molecule has 0 aliphatic rings. The van der Waals surface area contributed by atoms with E-state index >= 15 is 0 Å². The first-order chi connectivity index (χ1) is 9.79. The molecule has 0 saturated carbocycles. The second kappa shape index (κ2) is 5.28. The lowest BCUT2D eigenvalue weighted by molar-refractivity contribution is -0.141. The van der Waals surface area contributed by atoms with Crippen LogP contribution in [0.5, 0.6) is 0 Å². The van der Waals surface area contributed by atoms with Gasteiger partial charge in [0.25, 0.3) is 5.56 Å². The number of hydrogen-bond acceptors (Lipinski definition) is 6. The number of hydrogen-bond donors (Lipinski definition) is 0. The van der Waals surface area contributed by atoms with Gasteiger partial charge in [-0.2, -0.15) is 0 Å². The largest absolute Gasteiger partial charge is 0.468 e. The van der Waals surface area contributed by atoms with Crippen molar-refractivity contribution in [3.8, 4) is 0 Å². The summed E-state index contributed by atoms with van der Waals surface area (Å²) in [5, 5.41) is 0.288. The van der Waals surface area contributed by atoms with Gasteiger partial charge in [-0.05, 0) is 19.4 Å². The Morgan fingerprint density at radius 3 is 2.43 bits per heavy atom. The zero-order valence-electron chi connectivity index (χ0n) is 12.1. The standard InChI is InChI=1S/C13H14N2O5S/c1-6-9-11(18)14(3)13(19)15(5-8(17)20-4)12(9)21-10(6)7(2)16/h5H2,1-4H3. The van der Waals surface area contributed by atoms with E-state index in [1.54, 1.807) is 6.92 Å². The Balaban J connectivity index is 2.94. The van der Waals surface area contributed by atoms with Crippen LogP contribution in [0, 0.1) is 6.92 Å². The van der Waals surface area contributed by atoms with Crippen molar-refractivity contribution in [3.05, 3.63) is 31.3 Å². The first-order valence-electron chi connectivity index (χ1n) is 6.10. The molecule has 0 bridgehead atoms. The average molecular weight is 310 g/mol. The Morgan fingerprint density at radius 1 is 1.29 bits per heavy atom. The van der Waals surface area contributed by atoms with Crippen LogP contribution < -0.4 is 11.2 Å². The fraction of sp³-hybridized carbons (Fsp3) is 0.385. The highest BCUT2D eigenvalue weighted by Gasteiger charge is 2.21. The van der Waals surface area contributed by atoms with E-state index in [0.717, 1.165) is 20.5 Å². The van der Waals surface area contributed by atoms with Crippen molar-refractivity contribution in [3.63, 3.8) is 0 Å². The third-order valence-electron chi connectivity index (χ3n) is 3.24. The number of rotatable bonds is 3. The van der Waals surface area contributed by atoms with Gasteiger partial charge >= 0.3 is 11.7 Å². The number of carbonyl (C=O) groups excluding carboxylic acids is 2. The van der Waals surface area contributed by atoms with E-state index in [4.69, 9.17) is 0 Å². The lowest BCUT2D eigenvalue weighted by Crippen LogP contribution is -2.39. The van der Waals surface area contributed by atoms with Crippen LogP contribution in [0.25, 0.3) is 10.2 Å². The van der Waals surface area contributed by atoms with Gasteiger partial charge in [0.05, 0.1) is 17.4 Å². The number of carbonyl (C=O) groups is 2. The SMILES string of the molecule is COC(=O)Cn1c(=O)n(C)c(=O)c2c(C)c(C(C)=O)sc21. The quantitative estimate of drug-likeness (QED) is 0.606. The van der Waals surface area contributed by atoms with Crippen LogP contribution in [-0.4, -0.2) is 28.0 Å². The Hall–Kier alpha value is -2.22. The maximum absolute atomic E-state index is 12.2. The number of esters is 1. The summed E-state index contributed by atoms with van der Waals surface area (Å²) >= 11 is 1.04. The van der Waals surface area contributed by atoms with E-state index < -0.39 is 17.2 Å². The molecule has 0 aliphatic heterocycles. The van der Waals surface area contributed by atoms with Gasteiger partial charge in [-0.25, -0.2) is 4.79 Å². The lowest BCUT2D eigenvalue weighted by atomic mass is 10.2. The Labute approximate surface area is 123 Å². The van der Waals surface area contributed by atoms with Crippen LogP contribution in [-0.2, 0) is 23.1 Å². The van der Waals surface area contributed by atoms with E-state index in [-0.39, 0.29) is 17.7 Å². The highest BCUT2D eigenvalue weighted by molar-refractivity contribution is 7.20. The third-order valence-corrected chi connectivity index (χ3v) is 4.66. The van der Waals surface area contributed by atoms with Crippen molar-refractivity contribution in [2.24, 2.45) is 7.05 Å². The molecule has 0 saturated heterocycles. The smallest absolute Gasteiger partial charge is 0.332 e. The topological polar surface area (TPSA) is 87.4 Å². The maximum atomic E-state index is 12.2. The van der Waals surface area contributed by atoms with Crippen molar-refractivity contribution in [1.29, 1.82) is 0 Å². The van der Waals surface area contributed by atoms with Crippen molar-refractivity contribution < 1.29 is 14.3 Å². The molecule has 2 rings (SSSR count). The summed E-state index contributed by atoms with van der Waals surface area (Å²) in [6, 6.07) is 0. The van der Waals surface area contributed by atoms with Crippen molar-refractivity contribution in [2.45, 2.75) is 20.4 Å². The third kappa shape index (κ3) is 2.31. The summed E-state index contributed by atoms with van der Waals surface area (Å²) in [5.41, 5.74) is -0.562. The average Bonchev–Trinajstić information content (AvgIpc) is 2.78. The predicted molar refractivity (Wildman–Crippen MR) is 78.1 cm³/mol. The fourth-order valence-corrected chi connectivity index (χ4v) is 3.32. The van der Waals surface area contributed by atoms with Gasteiger partial charge in [0.1, 0.15) is 11.4 Å². The second-order valence-electron chi connectivity index (χ2n) is 4.60. The number of Topliss-reactive ketones (excluding diaryl/α,β-unsaturated/α-hetero) is 1. The van der Waals surface area contributed by atoms with Gasteiger partial charge in [0, 0.05) is 7.05 Å². The van der Waals surface area contributed by atoms with Crippen LogP contribution in [0.1, 0.15) is 22.2 Å². The number of thiophene rings is 1. The molecular weight excluding hydrogens is 296 g/mol. The molecule has 0 amide bonds. The first-order valence-corrected chi connectivity index (χ1v) is 6.92. The van der Waals surface area contributed by atoms with E-state index in [1.807, 2.05) is 0 Å². The van der Waals surface area contributed by atoms with Crippen molar-refractivity contribution in [2.75, 3.05) is 7.11 Å². The molecule has 0 aromatic carbocycles. The summed E-state index contributed by atoms with van der Waals surface area (Å²) in [5.74, 6) is -0.791. The number of fused-ring (bicyclic) bond motifs is 1. The molecule has 0 atom stereocenters. The molecule has 21 heavy (non-hydrogen) atoms. The minimum Gasteiger partial charge on any atom is -0.468 e. The van der Waals surface area contributed by atoms with Gasteiger partial charge in [-0.1, -0.05) is 0 Å². The molecule has 8 heteroatoms. The van der Waals surface area contributed by atoms with Crippen molar-refractivity contribution >= 4 is 33.3 Å². The van der Waals surface area contributed by atoms with Gasteiger partial charge in [0.15, 0.2) is 5.78 Å². The first kappa shape index (κ1) is 15.2. The van der Waals surface area contributed by atoms with Crippen LogP contribution in [0.4, 0.5) is 0 Å². The number of aryl methyl sites for hydroxylation is 1. The molecule has 2 aromatic rings. The lowest BCUT2D eigenvalue weighted by Gasteiger charge is -2.08. The molecular formula is C13H14N2O5S. The molecule has 0 radical (unpaired) electrons. The normalized spacial score (nSPS) is 10.9. The minimum absolute atomic E-state index is 0.187. The second-order valence-corrected chi connectivity index (χ2v) is 5.60. The molecule has 7 nitrogen and oxygen atoms in total. The molecule has 0 unspecified atom stereocenters. The number of ketones is 1. The maximum Gasteiger partial charge on any atom is 0.332 e. The van der Waals surface area contributed by atoms with E-state index in [1.165, 1.54) is 21.1 Å². The molecule has 2 aromatic heterocycles. The number of ether oxygens (including phenoxy) is 1. The minimum atomic E-state index is -0.616. The van der Waals surface area contributed by atoms with Crippen molar-refractivity contribution in [1.82, 2.24) is 9.13 Å². The molecule has 0 N–H and O–H groups in total. The molecule has 112 valence electrons. The summed E-state index contributed by atoms with van der Waals surface area (Å²) in [7, 11) is 2.55. The summed E-state index contributed by atoms with van der Waals surface area (Å²) in [4.78, 5) is 48.2. The number of aromatic nitrogens is 2. The predicted octanol–water partition coefficient (Wildman–Crippen LogP) is 0.446. The zero-order valence-corrected chi connectivity index (χ0v) is 12.9. The highest BCUT2D eigenvalue weighted by Crippen LogP contribution is 2.28. The molecule has 0 spiro atoms. The number of nitrogens with zero attached hydrogens (tertiary/aromatic N) is 2. The Morgan fingerprint density at radius 2 is 1.90 bits per heavy atom. The van der Waals surface area contributed by atoms with Crippen LogP contribution >= 0.6 is 11.3 Å². The Kier molecular flexibility index (Phi) is 3.82. The monoisotopic (exact) mass is 310 g/mol. The van der Waals surface area contributed by atoms with E-state index in [9.17, 15) is 19.2 Å². The summed E-state index contributed by atoms with van der Waals surface area (Å²) < 4.78 is 6.65. The van der Waals surface area contributed by atoms with Crippen LogP contribution in [0.2, 0.25) is 0 Å². The van der Waals surface area contributed by atoms with Gasteiger partial charge in [-0.15, -0.1) is 11.3 Å². The fourth-order valence-electron chi connectivity index (χ4n) is 2.13. The summed E-state index contributed by atoms with van der Waals surface area (Å²) in [6.07, 6.45) is 0.